The zero-order valence-corrected chi connectivity index (χ0v) is 18.0. The number of nitrogens with zero attached hydrogens (tertiary/aromatic N) is 2. The van der Waals surface area contributed by atoms with Crippen LogP contribution in [0.1, 0.15) is 27.0 Å². The van der Waals surface area contributed by atoms with E-state index >= 15 is 0 Å². The number of hydrogen-bond acceptors (Lipinski definition) is 5. The fraction of sp³-hybridized carbons (Fsp3) is 0.381. The number of piperazine rings is 1. The van der Waals surface area contributed by atoms with Crippen molar-refractivity contribution in [1.82, 2.24) is 4.90 Å². The Morgan fingerprint density at radius 2 is 1.59 bits per heavy atom. The van der Waals surface area contributed by atoms with Gasteiger partial charge in [-0.25, -0.2) is 13.2 Å². The minimum Gasteiger partial charge on any atom is -0.478 e. The molecule has 1 saturated heterocycles. The van der Waals surface area contributed by atoms with Gasteiger partial charge in [-0.15, -0.1) is 0 Å². The van der Waals surface area contributed by atoms with E-state index in [1.807, 2.05) is 31.0 Å². The lowest BCUT2D eigenvalue weighted by molar-refractivity contribution is 0.0697. The van der Waals surface area contributed by atoms with Crippen LogP contribution in [0.15, 0.2) is 35.2 Å². The number of anilines is 2. The molecule has 2 aromatic carbocycles. The van der Waals surface area contributed by atoms with Gasteiger partial charge in [-0.1, -0.05) is 17.7 Å². The molecule has 1 aliphatic rings. The summed E-state index contributed by atoms with van der Waals surface area (Å²) >= 11 is 0. The Balaban J connectivity index is 1.94. The maximum absolute atomic E-state index is 13.0. The van der Waals surface area contributed by atoms with Gasteiger partial charge in [-0.05, 0) is 57.1 Å². The predicted molar refractivity (Wildman–Crippen MR) is 115 cm³/mol. The highest BCUT2D eigenvalue weighted by molar-refractivity contribution is 7.92. The molecule has 0 saturated carbocycles. The number of rotatable bonds is 5. The molecule has 0 aromatic heterocycles. The summed E-state index contributed by atoms with van der Waals surface area (Å²) in [5.41, 5.74) is 3.23. The van der Waals surface area contributed by atoms with Crippen LogP contribution in [0.2, 0.25) is 0 Å². The summed E-state index contributed by atoms with van der Waals surface area (Å²) in [6, 6.07) is 8.34. The van der Waals surface area contributed by atoms with Crippen LogP contribution < -0.4 is 9.62 Å². The number of aryl methyl sites for hydroxylation is 3. The van der Waals surface area contributed by atoms with Crippen molar-refractivity contribution in [2.24, 2.45) is 0 Å². The second kappa shape index (κ2) is 8.04. The van der Waals surface area contributed by atoms with Crippen LogP contribution >= 0.6 is 0 Å². The number of nitrogens with one attached hydrogen (secondary N) is 1. The van der Waals surface area contributed by atoms with Gasteiger partial charge in [-0.2, -0.15) is 0 Å². The van der Waals surface area contributed by atoms with Crippen LogP contribution in [0, 0.1) is 20.8 Å². The van der Waals surface area contributed by atoms with E-state index in [-0.39, 0.29) is 16.1 Å². The second-order valence-electron chi connectivity index (χ2n) is 7.66. The summed E-state index contributed by atoms with van der Waals surface area (Å²) in [7, 11) is -1.81. The average Bonchev–Trinajstić information content (AvgIpc) is 2.61. The lowest BCUT2D eigenvalue weighted by Crippen LogP contribution is -2.45. The van der Waals surface area contributed by atoms with Crippen molar-refractivity contribution in [3.05, 3.63) is 52.6 Å². The van der Waals surface area contributed by atoms with Crippen molar-refractivity contribution >= 4 is 27.4 Å². The Hall–Kier alpha value is -2.58. The molecule has 0 atom stereocenters. The minimum absolute atomic E-state index is 0.0899. The van der Waals surface area contributed by atoms with E-state index in [1.54, 1.807) is 26.0 Å². The first-order chi connectivity index (χ1) is 13.6. The van der Waals surface area contributed by atoms with Crippen LogP contribution in [0.5, 0.6) is 0 Å². The van der Waals surface area contributed by atoms with Crippen LogP contribution in [0.4, 0.5) is 11.4 Å². The quantitative estimate of drug-likeness (QED) is 0.778. The van der Waals surface area contributed by atoms with Crippen molar-refractivity contribution in [1.29, 1.82) is 0 Å². The molecule has 0 radical (unpaired) electrons. The zero-order valence-electron chi connectivity index (χ0n) is 17.2. The van der Waals surface area contributed by atoms with Gasteiger partial charge in [-0.3, -0.25) is 4.72 Å². The maximum atomic E-state index is 13.0. The topological polar surface area (TPSA) is 90.0 Å². The van der Waals surface area contributed by atoms with Gasteiger partial charge in [0.25, 0.3) is 10.0 Å². The van der Waals surface area contributed by atoms with E-state index in [0.717, 1.165) is 31.7 Å². The van der Waals surface area contributed by atoms with Gasteiger partial charge in [0.15, 0.2) is 0 Å². The third kappa shape index (κ3) is 4.54. The molecule has 3 rings (SSSR count). The van der Waals surface area contributed by atoms with Gasteiger partial charge in [0.1, 0.15) is 0 Å². The van der Waals surface area contributed by atoms with Gasteiger partial charge >= 0.3 is 5.97 Å². The van der Waals surface area contributed by atoms with E-state index < -0.39 is 16.0 Å². The molecule has 1 fully saturated rings. The number of benzene rings is 2. The Morgan fingerprint density at radius 1 is 1.00 bits per heavy atom. The van der Waals surface area contributed by atoms with E-state index in [4.69, 9.17) is 0 Å². The Kier molecular flexibility index (Phi) is 5.86. The Labute approximate surface area is 172 Å². The van der Waals surface area contributed by atoms with Crippen molar-refractivity contribution in [2.75, 3.05) is 42.8 Å². The first kappa shape index (κ1) is 21.1. The normalized spacial score (nSPS) is 15.4. The number of carboxylic acid groups (broad SMARTS) is 1. The highest BCUT2D eigenvalue weighted by Crippen LogP contribution is 2.29. The molecule has 8 heteroatoms. The van der Waals surface area contributed by atoms with Crippen LogP contribution in [0.25, 0.3) is 0 Å². The molecule has 2 N–H and O–H groups in total. The molecular weight excluding hydrogens is 390 g/mol. The number of likely N-dealkylation sites (N-methyl/N-ethyl adjacent to an activating group) is 1. The van der Waals surface area contributed by atoms with E-state index in [9.17, 15) is 18.3 Å². The molecular formula is C21H27N3O4S. The first-order valence-corrected chi connectivity index (χ1v) is 11.0. The van der Waals surface area contributed by atoms with E-state index in [1.165, 1.54) is 6.07 Å². The molecule has 0 spiro atoms. The zero-order chi connectivity index (χ0) is 21.3. The van der Waals surface area contributed by atoms with Crippen LogP contribution in [-0.4, -0.2) is 57.6 Å². The molecule has 0 amide bonds. The molecule has 29 heavy (non-hydrogen) atoms. The first-order valence-electron chi connectivity index (χ1n) is 9.50. The SMILES string of the molecule is Cc1cc(C)c(S(=O)(=O)Nc2ccc(N3CCN(C)CC3)c(C(=O)O)c2)c(C)c1. The van der Waals surface area contributed by atoms with E-state index in [2.05, 4.69) is 9.62 Å². The monoisotopic (exact) mass is 417 g/mol. The summed E-state index contributed by atoms with van der Waals surface area (Å²) in [5, 5.41) is 9.69. The number of aromatic carboxylic acids is 1. The Morgan fingerprint density at radius 3 is 2.14 bits per heavy atom. The van der Waals surface area contributed by atoms with Crippen molar-refractivity contribution < 1.29 is 18.3 Å². The van der Waals surface area contributed by atoms with E-state index in [0.29, 0.717) is 16.8 Å². The minimum atomic E-state index is -3.84. The maximum Gasteiger partial charge on any atom is 0.337 e. The molecule has 0 bridgehead atoms. The lowest BCUT2D eigenvalue weighted by Gasteiger charge is -2.34. The van der Waals surface area contributed by atoms with Gasteiger partial charge in [0, 0.05) is 31.9 Å². The summed E-state index contributed by atoms with van der Waals surface area (Å²) in [6.45, 7) is 8.58. The second-order valence-corrected chi connectivity index (χ2v) is 9.28. The highest BCUT2D eigenvalue weighted by Gasteiger charge is 2.23. The largest absolute Gasteiger partial charge is 0.478 e. The summed E-state index contributed by atoms with van der Waals surface area (Å²) in [6.07, 6.45) is 0. The smallest absolute Gasteiger partial charge is 0.337 e. The van der Waals surface area contributed by atoms with Crippen molar-refractivity contribution in [2.45, 2.75) is 25.7 Å². The third-order valence-corrected chi connectivity index (χ3v) is 6.88. The molecule has 0 unspecified atom stereocenters. The van der Waals surface area contributed by atoms with Crippen LogP contribution in [0.3, 0.4) is 0 Å². The fourth-order valence-electron chi connectivity index (χ4n) is 3.89. The summed E-state index contributed by atoms with van der Waals surface area (Å²) in [5.74, 6) is -1.08. The molecule has 0 aliphatic carbocycles. The number of carbonyl (C=O) groups is 1. The highest BCUT2D eigenvalue weighted by atomic mass is 32.2. The molecule has 2 aromatic rings. The molecule has 156 valence electrons. The Bertz CT molecular complexity index is 1020. The summed E-state index contributed by atoms with van der Waals surface area (Å²) in [4.78, 5) is 16.3. The van der Waals surface area contributed by atoms with Gasteiger partial charge in [0.2, 0.25) is 0 Å². The summed E-state index contributed by atoms with van der Waals surface area (Å²) < 4.78 is 28.5. The standard InChI is InChI=1S/C21H27N3O4S/c1-14-11-15(2)20(16(3)12-14)29(27,28)22-17-5-6-19(18(13-17)21(25)26)24-9-7-23(4)8-10-24/h5-6,11-13,22H,7-10H2,1-4H3,(H,25,26). The van der Waals surface area contributed by atoms with Gasteiger partial charge < -0.3 is 14.9 Å². The van der Waals surface area contributed by atoms with Gasteiger partial charge in [0.05, 0.1) is 16.1 Å². The molecule has 7 nitrogen and oxygen atoms in total. The van der Waals surface area contributed by atoms with Crippen molar-refractivity contribution in [3.63, 3.8) is 0 Å². The fourth-order valence-corrected chi connectivity index (χ4v) is 5.40. The number of sulfonamides is 1. The molecule has 1 aliphatic heterocycles. The lowest BCUT2D eigenvalue weighted by atomic mass is 10.1. The van der Waals surface area contributed by atoms with Crippen molar-refractivity contribution in [3.8, 4) is 0 Å². The predicted octanol–water partition coefficient (Wildman–Crippen LogP) is 2.86. The molecule has 1 heterocycles. The third-order valence-electron chi connectivity index (χ3n) is 5.20. The van der Waals surface area contributed by atoms with Crippen LogP contribution in [-0.2, 0) is 10.0 Å². The number of carboxylic acids is 1. The number of hydrogen-bond donors (Lipinski definition) is 2. The average molecular weight is 418 g/mol.